The van der Waals surface area contributed by atoms with Gasteiger partial charge < -0.3 is 9.64 Å². The standard InChI is InChI=1S/C24H29ClN2O2/c1-26(24(28)19-7-3-2-4-8-19)16-18-13-22(14-18)29-21-10-9-20(23(25)15-21)17-27-11-5-6-12-27/h2-4,7-10,15,18,22H,5-6,11-14,16-17H2,1H3. The van der Waals surface area contributed by atoms with Crippen LogP contribution in [-0.4, -0.2) is 48.5 Å². The first-order chi connectivity index (χ1) is 14.1. The smallest absolute Gasteiger partial charge is 0.253 e. The molecule has 0 radical (unpaired) electrons. The van der Waals surface area contributed by atoms with E-state index in [9.17, 15) is 4.79 Å². The van der Waals surface area contributed by atoms with E-state index in [4.69, 9.17) is 16.3 Å². The quantitative estimate of drug-likeness (QED) is 0.650. The largest absolute Gasteiger partial charge is 0.490 e. The van der Waals surface area contributed by atoms with E-state index in [1.54, 1.807) is 0 Å². The number of amides is 1. The number of hydrogen-bond acceptors (Lipinski definition) is 3. The third-order valence-electron chi connectivity index (χ3n) is 6.01. The Balaban J connectivity index is 1.23. The third-order valence-corrected chi connectivity index (χ3v) is 6.36. The molecule has 5 heteroatoms. The molecule has 1 saturated heterocycles. The van der Waals surface area contributed by atoms with Crippen LogP contribution in [-0.2, 0) is 6.54 Å². The predicted octanol–water partition coefficient (Wildman–Crippen LogP) is 4.87. The fourth-order valence-corrected chi connectivity index (χ4v) is 4.53. The second kappa shape index (κ2) is 9.19. The Morgan fingerprint density at radius 2 is 1.86 bits per heavy atom. The summed E-state index contributed by atoms with van der Waals surface area (Å²) in [5.74, 6) is 1.41. The minimum atomic E-state index is 0.0790. The maximum absolute atomic E-state index is 12.5. The number of nitrogens with zero attached hydrogens (tertiary/aromatic N) is 2. The van der Waals surface area contributed by atoms with Gasteiger partial charge in [-0.05, 0) is 74.5 Å². The van der Waals surface area contributed by atoms with Crippen molar-refractivity contribution in [1.82, 2.24) is 9.80 Å². The molecular weight excluding hydrogens is 384 g/mol. The molecule has 1 heterocycles. The van der Waals surface area contributed by atoms with Crippen molar-refractivity contribution in [1.29, 1.82) is 0 Å². The number of benzene rings is 2. The Kier molecular flexibility index (Phi) is 6.41. The number of carbonyl (C=O) groups excluding carboxylic acids is 1. The molecule has 1 aliphatic heterocycles. The van der Waals surface area contributed by atoms with Crippen molar-refractivity contribution in [2.24, 2.45) is 5.92 Å². The zero-order valence-corrected chi connectivity index (χ0v) is 17.8. The Morgan fingerprint density at radius 3 is 2.55 bits per heavy atom. The third kappa shape index (κ3) is 5.12. The van der Waals surface area contributed by atoms with Crippen molar-refractivity contribution < 1.29 is 9.53 Å². The predicted molar refractivity (Wildman–Crippen MR) is 117 cm³/mol. The lowest BCUT2D eigenvalue weighted by Crippen LogP contribution is -2.41. The summed E-state index contributed by atoms with van der Waals surface area (Å²) in [5, 5.41) is 0.790. The van der Waals surface area contributed by atoms with Crippen LogP contribution in [0.2, 0.25) is 5.02 Å². The summed E-state index contributed by atoms with van der Waals surface area (Å²) in [4.78, 5) is 16.7. The number of ether oxygens (including phenoxy) is 1. The van der Waals surface area contributed by atoms with E-state index in [0.29, 0.717) is 5.92 Å². The highest BCUT2D eigenvalue weighted by atomic mass is 35.5. The van der Waals surface area contributed by atoms with Crippen molar-refractivity contribution in [2.45, 2.75) is 38.3 Å². The van der Waals surface area contributed by atoms with Crippen LogP contribution in [0.3, 0.4) is 0 Å². The van der Waals surface area contributed by atoms with Gasteiger partial charge in [0.2, 0.25) is 0 Å². The summed E-state index contributed by atoms with van der Waals surface area (Å²) in [6, 6.07) is 15.5. The molecule has 4 nitrogen and oxygen atoms in total. The molecule has 0 unspecified atom stereocenters. The topological polar surface area (TPSA) is 32.8 Å². The molecule has 0 N–H and O–H groups in total. The molecule has 4 rings (SSSR count). The van der Waals surface area contributed by atoms with Gasteiger partial charge in [-0.2, -0.15) is 0 Å². The van der Waals surface area contributed by atoms with Crippen LogP contribution in [0, 0.1) is 5.92 Å². The Bertz CT molecular complexity index is 830. The van der Waals surface area contributed by atoms with Crippen molar-refractivity contribution >= 4 is 17.5 Å². The minimum absolute atomic E-state index is 0.0790. The highest BCUT2D eigenvalue weighted by Crippen LogP contribution is 2.33. The maximum Gasteiger partial charge on any atom is 0.253 e. The first-order valence-electron chi connectivity index (χ1n) is 10.6. The number of likely N-dealkylation sites (tertiary alicyclic amines) is 1. The Hall–Kier alpha value is -2.04. The van der Waals surface area contributed by atoms with Gasteiger partial charge >= 0.3 is 0 Å². The average molecular weight is 413 g/mol. The molecule has 1 amide bonds. The SMILES string of the molecule is CN(CC1CC(Oc2ccc(CN3CCCC3)c(Cl)c2)C1)C(=O)c1ccccc1. The van der Waals surface area contributed by atoms with Crippen LogP contribution in [0.4, 0.5) is 0 Å². The van der Waals surface area contributed by atoms with E-state index in [2.05, 4.69) is 11.0 Å². The first kappa shape index (κ1) is 20.2. The van der Waals surface area contributed by atoms with E-state index in [1.807, 2.05) is 54.4 Å². The lowest BCUT2D eigenvalue weighted by molar-refractivity contribution is 0.0419. The monoisotopic (exact) mass is 412 g/mol. The van der Waals surface area contributed by atoms with Crippen LogP contribution in [0.25, 0.3) is 0 Å². The Labute approximate surface area is 178 Å². The van der Waals surface area contributed by atoms with Gasteiger partial charge in [0.05, 0.1) is 6.10 Å². The fraction of sp³-hybridized carbons (Fsp3) is 0.458. The number of halogens is 1. The van der Waals surface area contributed by atoms with Crippen LogP contribution in [0.15, 0.2) is 48.5 Å². The molecule has 29 heavy (non-hydrogen) atoms. The fourth-order valence-electron chi connectivity index (χ4n) is 4.29. The summed E-state index contributed by atoms with van der Waals surface area (Å²) in [5.41, 5.74) is 1.92. The van der Waals surface area contributed by atoms with E-state index in [-0.39, 0.29) is 12.0 Å². The molecule has 2 aliphatic rings. The Morgan fingerprint density at radius 1 is 1.14 bits per heavy atom. The number of hydrogen-bond donors (Lipinski definition) is 0. The number of carbonyl (C=O) groups is 1. The van der Waals surface area contributed by atoms with Crippen LogP contribution >= 0.6 is 11.6 Å². The molecule has 2 aromatic rings. The normalized spacial score (nSPS) is 21.6. The van der Waals surface area contributed by atoms with Gasteiger partial charge in [0.25, 0.3) is 5.91 Å². The van der Waals surface area contributed by atoms with Gasteiger partial charge in [0, 0.05) is 30.7 Å². The lowest BCUT2D eigenvalue weighted by atomic mass is 9.82. The zero-order valence-electron chi connectivity index (χ0n) is 17.0. The molecule has 1 saturated carbocycles. The van der Waals surface area contributed by atoms with Crippen molar-refractivity contribution in [3.05, 3.63) is 64.7 Å². The summed E-state index contributed by atoms with van der Waals surface area (Å²) in [6.07, 6.45) is 4.72. The van der Waals surface area contributed by atoms with Crippen molar-refractivity contribution in [2.75, 3.05) is 26.7 Å². The molecule has 0 bridgehead atoms. The summed E-state index contributed by atoms with van der Waals surface area (Å²) >= 11 is 6.49. The number of rotatable bonds is 7. The first-order valence-corrected chi connectivity index (χ1v) is 10.9. The molecule has 154 valence electrons. The summed E-state index contributed by atoms with van der Waals surface area (Å²) < 4.78 is 6.11. The zero-order chi connectivity index (χ0) is 20.2. The van der Waals surface area contributed by atoms with E-state index in [1.165, 1.54) is 31.5 Å². The highest BCUT2D eigenvalue weighted by Gasteiger charge is 2.32. The molecule has 2 fully saturated rings. The van der Waals surface area contributed by atoms with E-state index in [0.717, 1.165) is 42.3 Å². The van der Waals surface area contributed by atoms with Gasteiger partial charge in [-0.1, -0.05) is 35.9 Å². The second-order valence-electron chi connectivity index (χ2n) is 8.37. The summed E-state index contributed by atoms with van der Waals surface area (Å²) in [7, 11) is 1.88. The van der Waals surface area contributed by atoms with E-state index >= 15 is 0 Å². The molecule has 0 atom stereocenters. The molecule has 0 spiro atoms. The highest BCUT2D eigenvalue weighted by molar-refractivity contribution is 6.31. The average Bonchev–Trinajstić information content (AvgIpc) is 3.21. The van der Waals surface area contributed by atoms with Gasteiger partial charge in [-0.25, -0.2) is 0 Å². The van der Waals surface area contributed by atoms with Crippen LogP contribution < -0.4 is 4.74 Å². The van der Waals surface area contributed by atoms with Gasteiger partial charge in [0.15, 0.2) is 0 Å². The van der Waals surface area contributed by atoms with Crippen molar-refractivity contribution in [3.8, 4) is 5.75 Å². The molecular formula is C24H29ClN2O2. The maximum atomic E-state index is 12.5. The van der Waals surface area contributed by atoms with E-state index < -0.39 is 0 Å². The van der Waals surface area contributed by atoms with Crippen LogP contribution in [0.5, 0.6) is 5.75 Å². The lowest BCUT2D eigenvalue weighted by Gasteiger charge is -2.37. The molecule has 1 aliphatic carbocycles. The van der Waals surface area contributed by atoms with Crippen molar-refractivity contribution in [3.63, 3.8) is 0 Å². The molecule has 2 aromatic carbocycles. The molecule has 0 aromatic heterocycles. The summed E-state index contributed by atoms with van der Waals surface area (Å²) in [6.45, 7) is 4.02. The van der Waals surface area contributed by atoms with Gasteiger partial charge in [0.1, 0.15) is 5.75 Å². The van der Waals surface area contributed by atoms with Gasteiger partial charge in [-0.3, -0.25) is 9.69 Å². The second-order valence-corrected chi connectivity index (χ2v) is 8.77. The minimum Gasteiger partial charge on any atom is -0.490 e. The van der Waals surface area contributed by atoms with Gasteiger partial charge in [-0.15, -0.1) is 0 Å². The van der Waals surface area contributed by atoms with Crippen LogP contribution in [0.1, 0.15) is 41.6 Å².